The van der Waals surface area contributed by atoms with Crippen LogP contribution < -0.4 is 14.4 Å². The van der Waals surface area contributed by atoms with Crippen LogP contribution in [0.1, 0.15) is 11.1 Å². The third-order valence-corrected chi connectivity index (χ3v) is 6.44. The molecule has 8 heteroatoms. The highest BCUT2D eigenvalue weighted by Gasteiger charge is 2.33. The maximum atomic E-state index is 13.0. The first-order valence-electron chi connectivity index (χ1n) is 9.53. The number of hydrogen-bond acceptors (Lipinski definition) is 5. The molecule has 3 aromatic carbocycles. The smallest absolute Gasteiger partial charge is 0.270 e. The summed E-state index contributed by atoms with van der Waals surface area (Å²) in [4.78, 5) is 15.0. The van der Waals surface area contributed by atoms with Gasteiger partial charge in [-0.3, -0.25) is 9.69 Å². The lowest BCUT2D eigenvalue weighted by molar-refractivity contribution is -0.113. The number of nitrogens with zero attached hydrogens (tertiary/aromatic N) is 1. The second kappa shape index (κ2) is 9.96. The van der Waals surface area contributed by atoms with Gasteiger partial charge < -0.3 is 9.47 Å². The zero-order valence-electron chi connectivity index (χ0n) is 16.9. The van der Waals surface area contributed by atoms with E-state index in [0.717, 1.165) is 11.1 Å². The monoisotopic (exact) mass is 501 g/mol. The number of hydrogen-bond donors (Lipinski definition) is 0. The number of benzene rings is 3. The Morgan fingerprint density at radius 1 is 1.00 bits per heavy atom. The van der Waals surface area contributed by atoms with Gasteiger partial charge in [-0.05, 0) is 59.7 Å². The summed E-state index contributed by atoms with van der Waals surface area (Å²) in [5.41, 5.74) is 2.43. The molecule has 1 aliphatic rings. The van der Waals surface area contributed by atoms with Gasteiger partial charge in [0.05, 0.1) is 17.7 Å². The van der Waals surface area contributed by atoms with E-state index < -0.39 is 0 Å². The average molecular weight is 502 g/mol. The third-order valence-electron chi connectivity index (χ3n) is 4.65. The van der Waals surface area contributed by atoms with Gasteiger partial charge in [0.1, 0.15) is 6.61 Å². The maximum absolute atomic E-state index is 13.0. The second-order valence-corrected chi connectivity index (χ2v) is 9.37. The molecule has 4 nitrogen and oxygen atoms in total. The Labute approximate surface area is 205 Å². The van der Waals surface area contributed by atoms with Crippen LogP contribution in [0.4, 0.5) is 5.69 Å². The lowest BCUT2D eigenvalue weighted by atomic mass is 10.1. The van der Waals surface area contributed by atoms with Crippen molar-refractivity contribution in [2.24, 2.45) is 0 Å². The number of thiocarbonyl (C=S) groups is 1. The number of carbonyl (C=O) groups excluding carboxylic acids is 1. The molecule has 0 bridgehead atoms. The molecule has 0 N–H and O–H groups in total. The van der Waals surface area contributed by atoms with Gasteiger partial charge in [0, 0.05) is 10.0 Å². The Morgan fingerprint density at radius 2 is 1.78 bits per heavy atom. The standard InChI is InChI=1S/C24H17Cl2NO3S2/c1-29-21-11-16(7-10-20(21)30-14-15-5-8-17(25)9-6-15)12-22-23(28)27(24(31)32-22)19-4-2-3-18(26)13-19/h2-13H,14H2,1H3. The van der Waals surface area contributed by atoms with Gasteiger partial charge in [-0.1, -0.05) is 71.4 Å². The topological polar surface area (TPSA) is 38.8 Å². The highest BCUT2D eigenvalue weighted by molar-refractivity contribution is 8.27. The molecule has 0 radical (unpaired) electrons. The molecule has 0 aromatic heterocycles. The molecule has 162 valence electrons. The Hall–Kier alpha value is -2.51. The van der Waals surface area contributed by atoms with Crippen LogP contribution in [0.25, 0.3) is 6.08 Å². The molecule has 0 saturated carbocycles. The molecule has 1 heterocycles. The fourth-order valence-corrected chi connectivity index (χ4v) is 4.70. The Morgan fingerprint density at radius 3 is 2.50 bits per heavy atom. The number of amides is 1. The summed E-state index contributed by atoms with van der Waals surface area (Å²) in [6.45, 7) is 0.380. The predicted molar refractivity (Wildman–Crippen MR) is 136 cm³/mol. The number of thioether (sulfide) groups is 1. The fourth-order valence-electron chi connectivity index (χ4n) is 3.09. The summed E-state index contributed by atoms with van der Waals surface area (Å²) >= 11 is 18.7. The van der Waals surface area contributed by atoms with Crippen molar-refractivity contribution in [2.75, 3.05) is 12.0 Å². The van der Waals surface area contributed by atoms with E-state index in [4.69, 9.17) is 44.9 Å². The molecule has 0 aliphatic carbocycles. The van der Waals surface area contributed by atoms with E-state index in [-0.39, 0.29) is 5.91 Å². The number of ether oxygens (including phenoxy) is 2. The largest absolute Gasteiger partial charge is 0.493 e. The fraction of sp³-hybridized carbons (Fsp3) is 0.0833. The minimum Gasteiger partial charge on any atom is -0.493 e. The lowest BCUT2D eigenvalue weighted by Gasteiger charge is -2.14. The number of anilines is 1. The number of halogens is 2. The van der Waals surface area contributed by atoms with Crippen LogP contribution in [0.15, 0.2) is 71.6 Å². The molecule has 1 saturated heterocycles. The minimum absolute atomic E-state index is 0.190. The summed E-state index contributed by atoms with van der Waals surface area (Å²) in [5.74, 6) is 0.980. The Bertz CT molecular complexity index is 1210. The SMILES string of the molecule is COc1cc(C=C2SC(=S)N(c3cccc(Cl)c3)C2=O)ccc1OCc1ccc(Cl)cc1. The van der Waals surface area contributed by atoms with E-state index in [0.29, 0.717) is 43.1 Å². The summed E-state index contributed by atoms with van der Waals surface area (Å²) in [6.07, 6.45) is 1.79. The second-order valence-electron chi connectivity index (χ2n) is 6.82. The zero-order valence-corrected chi connectivity index (χ0v) is 20.0. The van der Waals surface area contributed by atoms with Crippen molar-refractivity contribution in [1.82, 2.24) is 0 Å². The molecule has 1 aliphatic heterocycles. The van der Waals surface area contributed by atoms with Crippen LogP contribution in [0.3, 0.4) is 0 Å². The van der Waals surface area contributed by atoms with Crippen molar-refractivity contribution in [3.05, 3.63) is 92.8 Å². The zero-order chi connectivity index (χ0) is 22.7. The molecule has 32 heavy (non-hydrogen) atoms. The highest BCUT2D eigenvalue weighted by Crippen LogP contribution is 2.38. The van der Waals surface area contributed by atoms with Crippen molar-refractivity contribution in [3.8, 4) is 11.5 Å². The van der Waals surface area contributed by atoms with Crippen molar-refractivity contribution >= 4 is 69.2 Å². The quantitative estimate of drug-likeness (QED) is 0.269. The molecule has 1 fully saturated rings. The summed E-state index contributed by atoms with van der Waals surface area (Å²) in [7, 11) is 1.58. The van der Waals surface area contributed by atoms with E-state index in [9.17, 15) is 4.79 Å². The van der Waals surface area contributed by atoms with Crippen molar-refractivity contribution < 1.29 is 14.3 Å². The van der Waals surface area contributed by atoms with Crippen LogP contribution in [0, 0.1) is 0 Å². The molecular weight excluding hydrogens is 485 g/mol. The number of carbonyl (C=O) groups is 1. The molecule has 1 amide bonds. The first-order valence-corrected chi connectivity index (χ1v) is 11.5. The van der Waals surface area contributed by atoms with Crippen LogP contribution >= 0.6 is 47.2 Å². The average Bonchev–Trinajstić information content (AvgIpc) is 3.06. The van der Waals surface area contributed by atoms with Crippen LogP contribution in [0.5, 0.6) is 11.5 Å². The Kier molecular flexibility index (Phi) is 7.06. The first kappa shape index (κ1) is 22.7. The first-order chi connectivity index (χ1) is 15.4. The molecule has 3 aromatic rings. The van der Waals surface area contributed by atoms with E-state index in [1.807, 2.05) is 42.5 Å². The van der Waals surface area contributed by atoms with Crippen LogP contribution in [0.2, 0.25) is 10.0 Å². The van der Waals surface area contributed by atoms with Gasteiger partial charge in [0.25, 0.3) is 5.91 Å². The normalized spacial score (nSPS) is 14.8. The van der Waals surface area contributed by atoms with Crippen molar-refractivity contribution in [1.29, 1.82) is 0 Å². The van der Waals surface area contributed by atoms with Crippen molar-refractivity contribution in [3.63, 3.8) is 0 Å². The van der Waals surface area contributed by atoms with Gasteiger partial charge in [0.15, 0.2) is 15.8 Å². The van der Waals surface area contributed by atoms with E-state index in [1.165, 1.54) is 16.7 Å². The van der Waals surface area contributed by atoms with E-state index >= 15 is 0 Å². The molecule has 0 atom stereocenters. The Balaban J connectivity index is 1.53. The molecule has 4 rings (SSSR count). The third kappa shape index (κ3) is 5.10. The van der Waals surface area contributed by atoms with Gasteiger partial charge in [-0.25, -0.2) is 0 Å². The molecular formula is C24H17Cl2NO3S2. The van der Waals surface area contributed by atoms with E-state index in [1.54, 1.807) is 37.5 Å². The van der Waals surface area contributed by atoms with Gasteiger partial charge in [-0.2, -0.15) is 0 Å². The minimum atomic E-state index is -0.190. The van der Waals surface area contributed by atoms with Gasteiger partial charge >= 0.3 is 0 Å². The summed E-state index contributed by atoms with van der Waals surface area (Å²) < 4.78 is 11.8. The van der Waals surface area contributed by atoms with Gasteiger partial charge in [-0.15, -0.1) is 0 Å². The lowest BCUT2D eigenvalue weighted by Crippen LogP contribution is -2.27. The van der Waals surface area contributed by atoms with Crippen LogP contribution in [-0.4, -0.2) is 17.3 Å². The molecule has 0 spiro atoms. The number of methoxy groups -OCH3 is 1. The van der Waals surface area contributed by atoms with Crippen molar-refractivity contribution in [2.45, 2.75) is 6.61 Å². The molecule has 0 unspecified atom stereocenters. The summed E-state index contributed by atoms with van der Waals surface area (Å²) in [6, 6.07) is 20.0. The van der Waals surface area contributed by atoms with E-state index in [2.05, 4.69) is 0 Å². The number of rotatable bonds is 6. The van der Waals surface area contributed by atoms with Crippen LogP contribution in [-0.2, 0) is 11.4 Å². The maximum Gasteiger partial charge on any atom is 0.270 e. The highest BCUT2D eigenvalue weighted by atomic mass is 35.5. The van der Waals surface area contributed by atoms with Gasteiger partial charge in [0.2, 0.25) is 0 Å². The predicted octanol–water partition coefficient (Wildman–Crippen LogP) is 6.99. The summed E-state index contributed by atoms with van der Waals surface area (Å²) in [5, 5.41) is 1.22.